The molecule has 1 aromatic heterocycles. The molecule has 0 unspecified atom stereocenters. The van der Waals surface area contributed by atoms with Crippen LogP contribution in [0.25, 0.3) is 11.3 Å². The molecule has 1 N–H and O–H groups in total. The van der Waals surface area contributed by atoms with Crippen LogP contribution in [0.15, 0.2) is 65.7 Å². The predicted molar refractivity (Wildman–Crippen MR) is 111 cm³/mol. The van der Waals surface area contributed by atoms with E-state index in [0.29, 0.717) is 17.3 Å². The van der Waals surface area contributed by atoms with Gasteiger partial charge in [-0.15, -0.1) is 10.2 Å². The second-order valence-electron chi connectivity index (χ2n) is 5.86. The molecule has 0 fully saturated rings. The average molecular weight is 410 g/mol. The number of benzene rings is 2. The van der Waals surface area contributed by atoms with E-state index in [0.717, 1.165) is 17.0 Å². The monoisotopic (exact) mass is 410 g/mol. The Balaban J connectivity index is 1.52. The van der Waals surface area contributed by atoms with Gasteiger partial charge in [0.15, 0.2) is 0 Å². The molecule has 3 aromatic rings. The topological polar surface area (TPSA) is 107 Å². The van der Waals surface area contributed by atoms with Crippen LogP contribution >= 0.6 is 11.8 Å². The molecule has 0 atom stereocenters. The maximum atomic E-state index is 12.1. The van der Waals surface area contributed by atoms with Crippen molar-refractivity contribution in [3.05, 3.63) is 70.8 Å². The van der Waals surface area contributed by atoms with E-state index in [1.807, 2.05) is 43.3 Å². The first-order valence-electron chi connectivity index (χ1n) is 8.79. The second-order valence-corrected chi connectivity index (χ2v) is 6.85. The van der Waals surface area contributed by atoms with Crippen LogP contribution in [0.2, 0.25) is 0 Å². The van der Waals surface area contributed by atoms with Crippen LogP contribution in [0.3, 0.4) is 0 Å². The summed E-state index contributed by atoms with van der Waals surface area (Å²) in [5, 5.41) is 22.3. The van der Waals surface area contributed by atoms with Crippen molar-refractivity contribution in [3.8, 4) is 17.0 Å². The van der Waals surface area contributed by atoms with Gasteiger partial charge in [0.25, 0.3) is 5.69 Å². The van der Waals surface area contributed by atoms with Crippen molar-refractivity contribution < 1.29 is 14.5 Å². The van der Waals surface area contributed by atoms with Crippen molar-refractivity contribution >= 4 is 29.0 Å². The van der Waals surface area contributed by atoms with Crippen molar-refractivity contribution in [3.63, 3.8) is 0 Å². The highest BCUT2D eigenvalue weighted by atomic mass is 32.2. The number of thioether (sulfide) groups is 1. The average Bonchev–Trinajstić information content (AvgIpc) is 2.74. The third-order valence-corrected chi connectivity index (χ3v) is 4.73. The number of non-ortho nitro benzene ring substituents is 1. The molecule has 1 heterocycles. The minimum absolute atomic E-state index is 0.0275. The van der Waals surface area contributed by atoms with Crippen LogP contribution in [0, 0.1) is 10.1 Å². The number of carbonyl (C=O) groups excluding carboxylic acids is 1. The Morgan fingerprint density at radius 2 is 1.79 bits per heavy atom. The quantitative estimate of drug-likeness (QED) is 0.337. The van der Waals surface area contributed by atoms with Crippen molar-refractivity contribution in [2.75, 3.05) is 17.7 Å². The number of hydrogen-bond acceptors (Lipinski definition) is 7. The molecule has 148 valence electrons. The molecule has 29 heavy (non-hydrogen) atoms. The maximum absolute atomic E-state index is 12.1. The van der Waals surface area contributed by atoms with Gasteiger partial charge in [-0.2, -0.15) is 0 Å². The molecule has 0 radical (unpaired) electrons. The standard InChI is InChI=1S/C20H18N4O4S/c1-2-28-17-9-3-14(4-10-17)18-11-12-20(23-22-18)29-13-19(25)21-15-5-7-16(8-6-15)24(26)27/h3-12H,2,13H2,1H3,(H,21,25). The Bertz CT molecular complexity index is 977. The smallest absolute Gasteiger partial charge is 0.269 e. The number of ether oxygens (including phenoxy) is 1. The normalized spacial score (nSPS) is 10.4. The molecule has 9 heteroatoms. The first-order valence-corrected chi connectivity index (χ1v) is 9.78. The first-order chi connectivity index (χ1) is 14.0. The summed E-state index contributed by atoms with van der Waals surface area (Å²) < 4.78 is 5.42. The number of rotatable bonds is 8. The third-order valence-electron chi connectivity index (χ3n) is 3.81. The van der Waals surface area contributed by atoms with Gasteiger partial charge in [0.2, 0.25) is 5.91 Å². The minimum Gasteiger partial charge on any atom is -0.494 e. The Labute approximate surface area is 171 Å². The summed E-state index contributed by atoms with van der Waals surface area (Å²) in [7, 11) is 0. The van der Waals surface area contributed by atoms with E-state index < -0.39 is 4.92 Å². The fourth-order valence-electron chi connectivity index (χ4n) is 2.44. The number of anilines is 1. The van der Waals surface area contributed by atoms with Crippen molar-refractivity contribution in [1.82, 2.24) is 10.2 Å². The fraction of sp³-hybridized carbons (Fsp3) is 0.150. The number of hydrogen-bond donors (Lipinski definition) is 1. The van der Waals surface area contributed by atoms with Crippen LogP contribution in [0.5, 0.6) is 5.75 Å². The number of nitrogens with one attached hydrogen (secondary N) is 1. The molecule has 0 aliphatic heterocycles. The van der Waals surface area contributed by atoms with E-state index in [2.05, 4.69) is 15.5 Å². The van der Waals surface area contributed by atoms with Crippen LogP contribution < -0.4 is 10.1 Å². The van der Waals surface area contributed by atoms with Gasteiger partial charge in [0, 0.05) is 23.4 Å². The summed E-state index contributed by atoms with van der Waals surface area (Å²) in [4.78, 5) is 22.2. The zero-order valence-electron chi connectivity index (χ0n) is 15.6. The Hall–Kier alpha value is -3.46. The molecule has 3 rings (SSSR count). The lowest BCUT2D eigenvalue weighted by atomic mass is 10.1. The Morgan fingerprint density at radius 1 is 1.07 bits per heavy atom. The van der Waals surface area contributed by atoms with Crippen molar-refractivity contribution in [2.45, 2.75) is 11.9 Å². The van der Waals surface area contributed by atoms with E-state index in [4.69, 9.17) is 4.74 Å². The number of nitrogens with zero attached hydrogens (tertiary/aromatic N) is 3. The van der Waals surface area contributed by atoms with Gasteiger partial charge in [-0.1, -0.05) is 11.8 Å². The van der Waals surface area contributed by atoms with Gasteiger partial charge in [-0.05, 0) is 55.5 Å². The lowest BCUT2D eigenvalue weighted by Gasteiger charge is -2.06. The van der Waals surface area contributed by atoms with Crippen molar-refractivity contribution in [1.29, 1.82) is 0 Å². The number of amides is 1. The van der Waals surface area contributed by atoms with Crippen molar-refractivity contribution in [2.24, 2.45) is 0 Å². The molecule has 0 saturated carbocycles. The summed E-state index contributed by atoms with van der Waals surface area (Å²) in [6, 6.07) is 16.9. The van der Waals surface area contributed by atoms with Gasteiger partial charge >= 0.3 is 0 Å². The SMILES string of the molecule is CCOc1ccc(-c2ccc(SCC(=O)Nc3ccc([N+](=O)[O-])cc3)nn2)cc1. The molecule has 2 aromatic carbocycles. The Kier molecular flexibility index (Phi) is 6.75. The van der Waals surface area contributed by atoms with Crippen LogP contribution in [0.4, 0.5) is 11.4 Å². The van der Waals surface area contributed by atoms with E-state index in [9.17, 15) is 14.9 Å². The molecule has 8 nitrogen and oxygen atoms in total. The maximum Gasteiger partial charge on any atom is 0.269 e. The highest BCUT2D eigenvalue weighted by molar-refractivity contribution is 7.99. The van der Waals surface area contributed by atoms with E-state index >= 15 is 0 Å². The molecular weight excluding hydrogens is 392 g/mol. The molecular formula is C20H18N4O4S. The molecule has 0 bridgehead atoms. The number of carbonyl (C=O) groups is 1. The lowest BCUT2D eigenvalue weighted by Crippen LogP contribution is -2.14. The van der Waals surface area contributed by atoms with E-state index in [-0.39, 0.29) is 17.3 Å². The molecule has 0 saturated heterocycles. The largest absolute Gasteiger partial charge is 0.494 e. The van der Waals surface area contributed by atoms with Crippen LogP contribution in [0.1, 0.15) is 6.92 Å². The van der Waals surface area contributed by atoms with E-state index in [1.54, 1.807) is 0 Å². The second kappa shape index (κ2) is 9.65. The fourth-order valence-corrected chi connectivity index (χ4v) is 3.06. The number of nitro benzene ring substituents is 1. The molecule has 1 amide bonds. The van der Waals surface area contributed by atoms with Gasteiger partial charge in [0.05, 0.1) is 23.0 Å². The molecule has 0 aliphatic rings. The number of nitro groups is 1. The van der Waals surface area contributed by atoms with Gasteiger partial charge in [-0.25, -0.2) is 0 Å². The zero-order valence-corrected chi connectivity index (χ0v) is 16.4. The summed E-state index contributed by atoms with van der Waals surface area (Å²) in [6.45, 7) is 2.55. The van der Waals surface area contributed by atoms with Crippen LogP contribution in [-0.4, -0.2) is 33.4 Å². The summed E-state index contributed by atoms with van der Waals surface area (Å²) >= 11 is 1.25. The highest BCUT2D eigenvalue weighted by Crippen LogP contribution is 2.22. The highest BCUT2D eigenvalue weighted by Gasteiger charge is 2.08. The summed E-state index contributed by atoms with van der Waals surface area (Å²) in [5.41, 5.74) is 2.12. The van der Waals surface area contributed by atoms with E-state index in [1.165, 1.54) is 36.0 Å². The van der Waals surface area contributed by atoms with Crippen LogP contribution in [-0.2, 0) is 4.79 Å². The first kappa shape index (κ1) is 20.3. The molecule has 0 spiro atoms. The zero-order chi connectivity index (χ0) is 20.6. The summed E-state index contributed by atoms with van der Waals surface area (Å²) in [6.07, 6.45) is 0. The van der Waals surface area contributed by atoms with Gasteiger partial charge in [-0.3, -0.25) is 14.9 Å². The lowest BCUT2D eigenvalue weighted by molar-refractivity contribution is -0.384. The third kappa shape index (κ3) is 5.76. The predicted octanol–water partition coefficient (Wildman–Crippen LogP) is 4.18. The van der Waals surface area contributed by atoms with Gasteiger partial charge in [0.1, 0.15) is 10.8 Å². The minimum atomic E-state index is -0.489. The Morgan fingerprint density at radius 3 is 2.38 bits per heavy atom. The summed E-state index contributed by atoms with van der Waals surface area (Å²) in [5.74, 6) is 0.713. The number of aromatic nitrogens is 2. The van der Waals surface area contributed by atoms with Gasteiger partial charge < -0.3 is 10.1 Å². The molecule has 0 aliphatic carbocycles.